The first-order chi connectivity index (χ1) is 55.2. The van der Waals surface area contributed by atoms with Gasteiger partial charge < -0.3 is 27.4 Å². The Hall–Kier alpha value is -14.9. The Morgan fingerprint density at radius 3 is 0.768 bits per heavy atom. The van der Waals surface area contributed by atoms with E-state index >= 15 is 13.2 Å². The number of rotatable bonds is 10. The minimum absolute atomic E-state index is 0.319. The normalized spacial score (nSPS) is 12.2. The zero-order valence-corrected chi connectivity index (χ0v) is 59.8. The first-order valence-corrected chi connectivity index (χ1v) is 37.5. The summed E-state index contributed by atoms with van der Waals surface area (Å²) < 4.78 is 64.1. The van der Waals surface area contributed by atoms with Crippen LogP contribution in [-0.2, 0) is 6.18 Å². The largest absolute Gasteiger partial charge is 0.416 e. The number of fused-ring (bicyclic) bond motifs is 18. The third kappa shape index (κ3) is 9.61. The Morgan fingerprint density at radius 1 is 0.188 bits per heavy atom. The van der Waals surface area contributed by atoms with Crippen LogP contribution in [0.5, 0.6) is 0 Å². The van der Waals surface area contributed by atoms with Crippen molar-refractivity contribution in [2.75, 3.05) is 0 Å². The van der Waals surface area contributed by atoms with E-state index in [4.69, 9.17) is 15.0 Å². The predicted octanol–water partition coefficient (Wildman–Crippen LogP) is 26.1. The van der Waals surface area contributed by atoms with E-state index in [0.717, 1.165) is 165 Å². The molecule has 0 aliphatic carbocycles. The van der Waals surface area contributed by atoms with Gasteiger partial charge >= 0.3 is 6.18 Å². The number of halogens is 3. The molecule has 7 aromatic heterocycles. The third-order valence-electron chi connectivity index (χ3n) is 22.8. The Labute approximate surface area is 637 Å². The first-order valence-electron chi connectivity index (χ1n) is 37.5. The monoisotopic (exact) mass is 1440 g/mol. The molecule has 16 aromatic carbocycles. The second kappa shape index (κ2) is 24.3. The summed E-state index contributed by atoms with van der Waals surface area (Å²) >= 11 is 0. The van der Waals surface area contributed by atoms with Crippen molar-refractivity contribution in [1.82, 2.24) is 42.4 Å². The minimum Gasteiger partial charge on any atom is -0.309 e. The van der Waals surface area contributed by atoms with Crippen LogP contribution in [-0.4, -0.2) is 42.4 Å². The molecule has 0 atom stereocenters. The minimum atomic E-state index is -4.82. The molecule has 12 heteroatoms. The van der Waals surface area contributed by atoms with Crippen LogP contribution in [0.4, 0.5) is 13.2 Å². The Bertz CT molecular complexity index is 7270. The summed E-state index contributed by atoms with van der Waals surface area (Å²) in [4.78, 5) is 15.6. The molecule has 0 saturated heterocycles. The van der Waals surface area contributed by atoms with Crippen molar-refractivity contribution in [3.05, 3.63) is 370 Å². The van der Waals surface area contributed by atoms with E-state index in [1.165, 1.54) is 12.1 Å². The van der Waals surface area contributed by atoms with Gasteiger partial charge in [-0.15, -0.1) is 0 Å². The molecule has 23 aromatic rings. The maximum absolute atomic E-state index is 16.9. The van der Waals surface area contributed by atoms with Gasteiger partial charge in [0.2, 0.25) is 0 Å². The summed E-state index contributed by atoms with van der Waals surface area (Å²) in [5.74, 6) is 1.25. The first kappa shape index (κ1) is 63.2. The summed E-state index contributed by atoms with van der Waals surface area (Å²) in [5.41, 5.74) is 18.4. The Kier molecular flexibility index (Phi) is 13.7. The summed E-state index contributed by atoms with van der Waals surface area (Å²) in [7, 11) is 0. The van der Waals surface area contributed by atoms with Crippen molar-refractivity contribution in [3.63, 3.8) is 0 Å². The molecule has 0 saturated carbocycles. The van der Waals surface area contributed by atoms with E-state index in [9.17, 15) is 0 Å². The van der Waals surface area contributed by atoms with Gasteiger partial charge in [-0.05, 0) is 163 Å². The molecular formula is C100H60F3N9. The average Bonchev–Trinajstić information content (AvgIpc) is 1.56. The van der Waals surface area contributed by atoms with E-state index in [1.54, 1.807) is 0 Å². The summed E-state index contributed by atoms with van der Waals surface area (Å²) in [6.07, 6.45) is -4.82. The van der Waals surface area contributed by atoms with Crippen LogP contribution < -0.4 is 0 Å². The number of benzene rings is 16. The summed E-state index contributed by atoms with van der Waals surface area (Å²) in [5, 5.41) is 12.6. The van der Waals surface area contributed by atoms with Crippen LogP contribution >= 0.6 is 0 Å². The van der Waals surface area contributed by atoms with Crippen molar-refractivity contribution in [2.45, 2.75) is 6.18 Å². The van der Waals surface area contributed by atoms with Crippen molar-refractivity contribution >= 4 is 131 Å². The van der Waals surface area contributed by atoms with Gasteiger partial charge in [0.1, 0.15) is 0 Å². The maximum Gasteiger partial charge on any atom is 0.416 e. The molecule has 7 heterocycles. The lowest BCUT2D eigenvalue weighted by molar-refractivity contribution is -0.137. The van der Waals surface area contributed by atoms with E-state index in [0.29, 0.717) is 45.5 Å². The van der Waals surface area contributed by atoms with Crippen molar-refractivity contribution in [2.24, 2.45) is 0 Å². The molecule has 526 valence electrons. The van der Waals surface area contributed by atoms with E-state index in [-0.39, 0.29) is 0 Å². The smallest absolute Gasteiger partial charge is 0.309 e. The van der Waals surface area contributed by atoms with Crippen LogP contribution in [0.2, 0.25) is 0 Å². The number of nitrogens with zero attached hydrogens (tertiary/aromatic N) is 9. The van der Waals surface area contributed by atoms with Crippen molar-refractivity contribution < 1.29 is 13.2 Å². The molecule has 0 aliphatic rings. The van der Waals surface area contributed by atoms with Gasteiger partial charge in [0.15, 0.2) is 17.5 Å². The van der Waals surface area contributed by atoms with Gasteiger partial charge in [-0.1, -0.05) is 206 Å². The number of hydrogen-bond donors (Lipinski definition) is 0. The molecule has 0 aliphatic heterocycles. The highest BCUT2D eigenvalue weighted by Crippen LogP contribution is 2.47. The highest BCUT2D eigenvalue weighted by atomic mass is 19.4. The van der Waals surface area contributed by atoms with Crippen LogP contribution in [0.3, 0.4) is 0 Å². The average molecular weight is 1440 g/mol. The van der Waals surface area contributed by atoms with Gasteiger partial charge in [0, 0.05) is 115 Å². The molecule has 23 rings (SSSR count). The standard InChI is InChI=1S/C100H60F3N9/c101-100(102,103)65-53-64(54-70(56-65)111-93-49-44-66(107-84-35-15-7-27-71(84)72-28-8-16-36-85(72)107)57-80(93)81-58-67(45-50-94(81)111)108-86-37-17-9-29-73(86)74-30-10-18-38-87(74)108)79-55-63(99-105-97(61-23-3-1-4-24-61)104-98(106-99)62-25-5-2-6-26-62)43-48-92(79)112-95-51-46-68(109-88-39-19-11-31-75(88)76-32-12-20-40-89(76)109)59-82(95)83-60-69(47-52-96(83)112)110-90-41-21-13-33-77(90)78-34-14-22-42-91(78)110/h1-60H. The van der Waals surface area contributed by atoms with Crippen LogP contribution in [0.25, 0.3) is 210 Å². The molecular weight excluding hydrogens is 1380 g/mol. The second-order valence-corrected chi connectivity index (χ2v) is 29.0. The lowest BCUT2D eigenvalue weighted by Crippen LogP contribution is -2.08. The summed E-state index contributed by atoms with van der Waals surface area (Å²) in [6, 6.07) is 124. The quantitative estimate of drug-likeness (QED) is 0.137. The molecule has 9 nitrogen and oxygen atoms in total. The van der Waals surface area contributed by atoms with Gasteiger partial charge in [-0.25, -0.2) is 15.0 Å². The highest BCUT2D eigenvalue weighted by molar-refractivity contribution is 6.17. The molecule has 0 amide bonds. The zero-order chi connectivity index (χ0) is 74.0. The molecule has 0 bridgehead atoms. The number of hydrogen-bond acceptors (Lipinski definition) is 3. The van der Waals surface area contributed by atoms with E-state index in [1.807, 2.05) is 89.5 Å². The fourth-order valence-electron chi connectivity index (χ4n) is 18.0. The molecule has 0 fully saturated rings. The van der Waals surface area contributed by atoms with Gasteiger partial charge in [0.05, 0.1) is 77.5 Å². The number of alkyl halides is 3. The second-order valence-electron chi connectivity index (χ2n) is 29.0. The van der Waals surface area contributed by atoms with Crippen LogP contribution in [0.15, 0.2) is 364 Å². The molecule has 112 heavy (non-hydrogen) atoms. The number of aromatic nitrogens is 9. The topological polar surface area (TPSA) is 68.2 Å². The van der Waals surface area contributed by atoms with Crippen molar-refractivity contribution in [3.8, 4) is 79.4 Å². The predicted molar refractivity (Wildman–Crippen MR) is 453 cm³/mol. The lowest BCUT2D eigenvalue weighted by atomic mass is 9.97. The molecule has 0 spiro atoms. The zero-order valence-electron chi connectivity index (χ0n) is 59.8. The van der Waals surface area contributed by atoms with Gasteiger partial charge in [0.25, 0.3) is 0 Å². The fraction of sp³-hybridized carbons (Fsp3) is 0.0100. The lowest BCUT2D eigenvalue weighted by Gasteiger charge is -2.19. The van der Waals surface area contributed by atoms with Gasteiger partial charge in [-0.3, -0.25) is 0 Å². The van der Waals surface area contributed by atoms with E-state index < -0.39 is 11.7 Å². The molecule has 0 unspecified atom stereocenters. The van der Waals surface area contributed by atoms with E-state index in [2.05, 4.69) is 290 Å². The Balaban J connectivity index is 0.810. The highest BCUT2D eigenvalue weighted by Gasteiger charge is 2.33. The van der Waals surface area contributed by atoms with Crippen LogP contribution in [0.1, 0.15) is 5.56 Å². The fourth-order valence-corrected chi connectivity index (χ4v) is 18.0. The van der Waals surface area contributed by atoms with Crippen molar-refractivity contribution in [1.29, 1.82) is 0 Å². The molecule has 0 radical (unpaired) electrons. The SMILES string of the molecule is FC(F)(F)c1cc(-c2cc(-c3nc(-c4ccccc4)nc(-c4ccccc4)n3)ccc2-n2c3ccc(-n4c5ccccc5c5ccccc54)cc3c3cc(-n4c5ccccc5c5ccccc54)ccc32)cc(-n2c3ccc(-n4c5ccccc5c5ccccc54)cc3c3cc(-n4c5ccccc5c5ccccc54)ccc32)c1. The van der Waals surface area contributed by atoms with Crippen LogP contribution in [0, 0.1) is 0 Å². The van der Waals surface area contributed by atoms with Gasteiger partial charge in [-0.2, -0.15) is 13.2 Å². The molecule has 0 N–H and O–H groups in total. The maximum atomic E-state index is 16.9. The third-order valence-corrected chi connectivity index (χ3v) is 22.8. The Morgan fingerprint density at radius 2 is 0.455 bits per heavy atom. The summed E-state index contributed by atoms with van der Waals surface area (Å²) in [6.45, 7) is 0. The number of para-hydroxylation sites is 8.